The fourth-order valence-electron chi connectivity index (χ4n) is 6.32. The molecule has 2 unspecified atom stereocenters. The second kappa shape index (κ2) is 26.8. The third-order valence-electron chi connectivity index (χ3n) is 7.48. The molecule has 1 aliphatic rings. The van der Waals surface area contributed by atoms with E-state index in [0.717, 1.165) is 5.19 Å². The van der Waals surface area contributed by atoms with E-state index in [0.29, 0.717) is 5.54 Å². The van der Waals surface area contributed by atoms with Crippen LogP contribution in [0.5, 0.6) is 0 Å². The van der Waals surface area contributed by atoms with Crippen LogP contribution in [-0.4, -0.2) is 81.3 Å². The van der Waals surface area contributed by atoms with Crippen LogP contribution in [0.15, 0.2) is 30.3 Å². The van der Waals surface area contributed by atoms with E-state index in [9.17, 15) is 8.42 Å². The molecule has 0 aromatic heterocycles. The Bertz CT molecular complexity index is 1230. The van der Waals surface area contributed by atoms with Crippen molar-refractivity contribution in [3.8, 4) is 0 Å². The lowest BCUT2D eigenvalue weighted by atomic mass is 10.0. The smallest absolute Gasteiger partial charge is 0.350 e. The van der Waals surface area contributed by atoms with Crippen LogP contribution in [0.3, 0.4) is 0 Å². The third-order valence-corrected chi connectivity index (χ3v) is 42.4. The van der Waals surface area contributed by atoms with E-state index in [4.69, 9.17) is 24.7 Å². The largest absolute Gasteiger partial charge is 0.437 e. The summed E-state index contributed by atoms with van der Waals surface area (Å²) >= 11 is 0. The van der Waals surface area contributed by atoms with Gasteiger partial charge in [-0.2, -0.15) is 0 Å². The highest BCUT2D eigenvalue weighted by Crippen LogP contribution is 2.41. The molecule has 1 aromatic carbocycles. The first-order valence-corrected chi connectivity index (χ1v) is 43.3. The van der Waals surface area contributed by atoms with Crippen LogP contribution in [0.25, 0.3) is 0 Å². The molecular weight excluding hydrogens is 841 g/mol. The van der Waals surface area contributed by atoms with Crippen molar-refractivity contribution in [3.05, 3.63) is 30.3 Å². The molecule has 0 N–H and O–H groups in total. The van der Waals surface area contributed by atoms with Gasteiger partial charge in [-0.1, -0.05) is 109 Å². The van der Waals surface area contributed by atoms with Crippen LogP contribution in [-0.2, 0) is 34.0 Å². The Labute approximate surface area is 357 Å². The third kappa shape index (κ3) is 27.9. The van der Waals surface area contributed by atoms with Crippen LogP contribution >= 0.6 is 0 Å². The standard InChI is InChI=1S/C15H32O5SSi4.C15H38O3Si4.8CH4/c1-21(16,17)24(7,8)20-25(9,15-13-11-10-12-14-15)19-23(5,6)18-22(2,3)4;1-19(2,3)16-21(7,8)18-22(9,17-20(4,5)6)15-13-11-10-12-14-15;;;;;;;;/h10-14H,1-9H3;15H,10-14H2,1-9H3;8*1H4. The Balaban J connectivity index is -0.000000117. The lowest BCUT2D eigenvalue weighted by Crippen LogP contribution is -2.64. The van der Waals surface area contributed by atoms with Gasteiger partial charge in [-0.05, 0) is 129 Å². The number of benzene rings is 1. The van der Waals surface area contributed by atoms with Gasteiger partial charge in [-0.25, -0.2) is 8.42 Å². The van der Waals surface area contributed by atoms with E-state index in [-0.39, 0.29) is 59.4 Å². The normalized spacial score (nSPS) is 16.2. The SMILES string of the molecule is C.C.C.C.C.C.C.C.C[Si](C)(C)O[Si](C)(C)O[Si](C)(O[Si](C)(C)C)C1CCCCC1.C[Si](C)(C)O[Si](C)(C)O[Si](C)(O[Si](C)(C)S(C)(=O)=O)c1ccccc1. The molecular formula is C38H102O8SSi8. The first kappa shape index (κ1) is 73.2. The fraction of sp³-hybridized carbons (Fsp3) is 0.842. The molecule has 0 saturated heterocycles. The summed E-state index contributed by atoms with van der Waals surface area (Å²) in [6.45, 7) is 36.2. The van der Waals surface area contributed by atoms with Gasteiger partial charge in [-0.3, -0.25) is 0 Å². The zero-order valence-corrected chi connectivity index (χ0v) is 42.0. The van der Waals surface area contributed by atoms with E-state index >= 15 is 0 Å². The molecule has 0 heterocycles. The van der Waals surface area contributed by atoms with Gasteiger partial charge in [0.05, 0.1) is 0 Å². The summed E-state index contributed by atoms with van der Waals surface area (Å²) < 4.78 is 63.7. The Hall–Kier alpha value is 0.665. The number of hydrogen-bond acceptors (Lipinski definition) is 8. The van der Waals surface area contributed by atoms with Gasteiger partial charge in [0, 0.05) is 11.8 Å². The number of hydrogen-bond donors (Lipinski definition) is 0. The molecule has 2 atom stereocenters. The van der Waals surface area contributed by atoms with Crippen molar-refractivity contribution in [2.75, 3.05) is 6.26 Å². The summed E-state index contributed by atoms with van der Waals surface area (Å²) in [7, 11) is -21.1. The predicted octanol–water partition coefficient (Wildman–Crippen LogP) is 14.2. The summed E-state index contributed by atoms with van der Waals surface area (Å²) in [5, 5.41) is 0.930. The van der Waals surface area contributed by atoms with Gasteiger partial charge in [0.2, 0.25) is 0 Å². The maximum atomic E-state index is 12.2. The highest BCUT2D eigenvalue weighted by Gasteiger charge is 2.51. The van der Waals surface area contributed by atoms with Crippen molar-refractivity contribution in [3.63, 3.8) is 0 Å². The van der Waals surface area contributed by atoms with Crippen LogP contribution < -0.4 is 5.19 Å². The summed E-state index contributed by atoms with van der Waals surface area (Å²) in [5.74, 6) is 0. The molecule has 1 fully saturated rings. The Morgan fingerprint density at radius 2 is 0.818 bits per heavy atom. The lowest BCUT2D eigenvalue weighted by molar-refractivity contribution is 0.294. The van der Waals surface area contributed by atoms with E-state index in [1.807, 2.05) is 50.0 Å². The van der Waals surface area contributed by atoms with Gasteiger partial charge in [0.15, 0.2) is 25.0 Å². The Morgan fingerprint density at radius 3 is 1.15 bits per heavy atom. The molecule has 1 aliphatic carbocycles. The van der Waals surface area contributed by atoms with Gasteiger partial charge < -0.3 is 24.7 Å². The molecule has 0 amide bonds. The van der Waals surface area contributed by atoms with E-state index < -0.39 is 75.9 Å². The molecule has 8 nitrogen and oxygen atoms in total. The van der Waals surface area contributed by atoms with Crippen molar-refractivity contribution >= 4 is 81.1 Å². The molecule has 0 bridgehead atoms. The summed E-state index contributed by atoms with van der Waals surface area (Å²) in [6, 6.07) is 9.70. The minimum Gasteiger partial charge on any atom is -0.437 e. The second-order valence-corrected chi connectivity index (χ2v) is 55.6. The zero-order chi connectivity index (χ0) is 37.0. The molecule has 17 heteroatoms. The molecule has 0 aliphatic heterocycles. The maximum Gasteiger partial charge on any atom is 0.350 e. The number of rotatable bonds is 15. The van der Waals surface area contributed by atoms with E-state index in [1.165, 1.54) is 38.4 Å². The second-order valence-electron chi connectivity index (χ2n) is 17.6. The van der Waals surface area contributed by atoms with Gasteiger partial charge in [-0.15, -0.1) is 0 Å². The minimum absolute atomic E-state index is 0. The quantitative estimate of drug-likeness (QED) is 0.161. The fourth-order valence-corrected chi connectivity index (χ4v) is 44.5. The minimum atomic E-state index is -3.28. The summed E-state index contributed by atoms with van der Waals surface area (Å²) in [6.07, 6.45) is 7.86. The highest BCUT2D eigenvalue weighted by atomic mass is 32.4. The molecule has 1 saturated carbocycles. The molecule has 0 radical (unpaired) electrons. The van der Waals surface area contributed by atoms with E-state index in [2.05, 4.69) is 78.6 Å². The van der Waals surface area contributed by atoms with Crippen LogP contribution in [0.4, 0.5) is 0 Å². The average molecular weight is 944 g/mol. The molecule has 0 spiro atoms. The Kier molecular flexibility index (Phi) is 35.7. The van der Waals surface area contributed by atoms with E-state index in [1.54, 1.807) is 13.1 Å². The van der Waals surface area contributed by atoms with Crippen molar-refractivity contribution in [1.29, 1.82) is 0 Å². The van der Waals surface area contributed by atoms with Crippen molar-refractivity contribution in [2.45, 2.75) is 208 Å². The monoisotopic (exact) mass is 943 g/mol. The highest BCUT2D eigenvalue weighted by molar-refractivity contribution is 8.20. The lowest BCUT2D eigenvalue weighted by Gasteiger charge is -2.45. The maximum absolute atomic E-state index is 12.2. The topological polar surface area (TPSA) is 89.5 Å². The molecule has 340 valence electrons. The predicted molar refractivity (Wildman–Crippen MR) is 274 cm³/mol. The molecule has 1 aromatic rings. The summed E-state index contributed by atoms with van der Waals surface area (Å²) in [4.78, 5) is 0. The first-order chi connectivity index (χ1) is 20.7. The van der Waals surface area contributed by atoms with Gasteiger partial charge in [0.25, 0.3) is 0 Å². The molecule has 2 rings (SSSR count). The first-order valence-electron chi connectivity index (χ1n) is 17.2. The van der Waals surface area contributed by atoms with Crippen LogP contribution in [0, 0.1) is 0 Å². The zero-order valence-electron chi connectivity index (χ0n) is 33.2. The van der Waals surface area contributed by atoms with Crippen molar-refractivity contribution < 1.29 is 33.1 Å². The summed E-state index contributed by atoms with van der Waals surface area (Å²) in [5.41, 5.74) is 0.644. The van der Waals surface area contributed by atoms with Gasteiger partial charge in [0.1, 0.15) is 9.29 Å². The Morgan fingerprint density at radius 1 is 0.473 bits per heavy atom. The van der Waals surface area contributed by atoms with Crippen molar-refractivity contribution in [2.24, 2.45) is 0 Å². The van der Waals surface area contributed by atoms with Gasteiger partial charge >= 0.3 is 41.7 Å². The van der Waals surface area contributed by atoms with Crippen molar-refractivity contribution in [1.82, 2.24) is 0 Å². The van der Waals surface area contributed by atoms with Crippen LogP contribution in [0.1, 0.15) is 91.5 Å². The molecule has 55 heavy (non-hydrogen) atoms. The van der Waals surface area contributed by atoms with Crippen LogP contribution in [0.2, 0.25) is 117 Å². The average Bonchev–Trinajstić information content (AvgIpc) is 2.79.